The van der Waals surface area contributed by atoms with Crippen LogP contribution >= 0.6 is 0 Å². The number of aliphatic carboxylic acids is 1. The van der Waals surface area contributed by atoms with Crippen molar-refractivity contribution in [2.24, 2.45) is 17.8 Å². The predicted molar refractivity (Wildman–Crippen MR) is 69.7 cm³/mol. The molecule has 0 radical (unpaired) electrons. The molecule has 2 amide bonds. The number of carbonyl (C=O) groups is 3. The second kappa shape index (κ2) is 5.07. The minimum Gasteiger partial charge on any atom is -0.481 e. The first-order valence-corrected chi connectivity index (χ1v) is 7.36. The van der Waals surface area contributed by atoms with Crippen molar-refractivity contribution in [3.05, 3.63) is 0 Å². The van der Waals surface area contributed by atoms with Gasteiger partial charge in [-0.25, -0.2) is 0 Å². The smallest absolute Gasteiger partial charge is 0.310 e. The van der Waals surface area contributed by atoms with E-state index in [0.29, 0.717) is 19.6 Å². The lowest BCUT2D eigenvalue weighted by molar-refractivity contribution is -0.155. The minimum atomic E-state index is -0.830. The molecule has 20 heavy (non-hydrogen) atoms. The highest BCUT2D eigenvalue weighted by atomic mass is 16.4. The molecule has 2 heterocycles. The zero-order valence-electron chi connectivity index (χ0n) is 11.5. The third-order valence-electron chi connectivity index (χ3n) is 4.55. The van der Waals surface area contributed by atoms with Crippen molar-refractivity contribution in [1.82, 2.24) is 9.80 Å². The van der Waals surface area contributed by atoms with Gasteiger partial charge in [0.05, 0.1) is 11.8 Å². The fourth-order valence-electron chi connectivity index (χ4n) is 3.04. The quantitative estimate of drug-likeness (QED) is 0.800. The van der Waals surface area contributed by atoms with Gasteiger partial charge in [-0.05, 0) is 25.7 Å². The Morgan fingerprint density at radius 1 is 0.800 bits per heavy atom. The van der Waals surface area contributed by atoms with Gasteiger partial charge in [-0.15, -0.1) is 0 Å². The van der Waals surface area contributed by atoms with Gasteiger partial charge in [0, 0.05) is 32.1 Å². The van der Waals surface area contributed by atoms with E-state index in [4.69, 9.17) is 5.11 Å². The lowest BCUT2D eigenvalue weighted by Crippen LogP contribution is -2.56. The molecule has 0 aromatic carbocycles. The molecule has 3 rings (SSSR count). The van der Waals surface area contributed by atoms with Gasteiger partial charge in [0.15, 0.2) is 0 Å². The van der Waals surface area contributed by atoms with Crippen LogP contribution in [0.15, 0.2) is 0 Å². The van der Waals surface area contributed by atoms with Crippen LogP contribution in [0, 0.1) is 17.8 Å². The molecule has 0 spiro atoms. The molecule has 1 atom stereocenters. The zero-order valence-corrected chi connectivity index (χ0v) is 11.5. The fourth-order valence-corrected chi connectivity index (χ4v) is 3.04. The normalized spacial score (nSPS) is 27.1. The van der Waals surface area contributed by atoms with Crippen molar-refractivity contribution >= 4 is 17.8 Å². The maximum atomic E-state index is 12.3. The molecular weight excluding hydrogens is 260 g/mol. The molecule has 2 aliphatic heterocycles. The van der Waals surface area contributed by atoms with Gasteiger partial charge in [-0.2, -0.15) is 0 Å². The molecule has 1 N–H and O–H groups in total. The van der Waals surface area contributed by atoms with Crippen molar-refractivity contribution < 1.29 is 19.5 Å². The van der Waals surface area contributed by atoms with E-state index in [0.717, 1.165) is 32.2 Å². The average molecular weight is 280 g/mol. The van der Waals surface area contributed by atoms with Crippen LogP contribution in [-0.4, -0.2) is 58.9 Å². The molecule has 6 heteroatoms. The Bertz CT molecular complexity index is 440. The van der Waals surface area contributed by atoms with Crippen LogP contribution in [0.1, 0.15) is 25.7 Å². The summed E-state index contributed by atoms with van der Waals surface area (Å²) in [7, 11) is 0. The van der Waals surface area contributed by atoms with Crippen molar-refractivity contribution in [2.45, 2.75) is 25.7 Å². The molecule has 1 aliphatic carbocycles. The van der Waals surface area contributed by atoms with Crippen LogP contribution in [0.3, 0.4) is 0 Å². The van der Waals surface area contributed by atoms with E-state index in [1.165, 1.54) is 0 Å². The number of hydrogen-bond acceptors (Lipinski definition) is 3. The highest BCUT2D eigenvalue weighted by Gasteiger charge is 2.41. The summed E-state index contributed by atoms with van der Waals surface area (Å²) in [5, 5.41) is 8.84. The number of rotatable bonds is 3. The van der Waals surface area contributed by atoms with Crippen molar-refractivity contribution in [3.63, 3.8) is 0 Å². The number of carbonyl (C=O) groups excluding carboxylic acids is 2. The number of likely N-dealkylation sites (tertiary alicyclic amines) is 2. The maximum absolute atomic E-state index is 12.3. The Balaban J connectivity index is 1.53. The van der Waals surface area contributed by atoms with Crippen LogP contribution < -0.4 is 0 Å². The molecule has 6 nitrogen and oxygen atoms in total. The first-order valence-electron chi connectivity index (χ1n) is 7.36. The number of piperidine rings is 1. The molecule has 0 aromatic heterocycles. The summed E-state index contributed by atoms with van der Waals surface area (Å²) in [6.07, 6.45) is 3.65. The van der Waals surface area contributed by atoms with E-state index in [1.807, 2.05) is 4.90 Å². The molecule has 0 aromatic rings. The van der Waals surface area contributed by atoms with E-state index in [9.17, 15) is 14.4 Å². The van der Waals surface area contributed by atoms with Gasteiger partial charge in [-0.1, -0.05) is 0 Å². The lowest BCUT2D eigenvalue weighted by atomic mass is 9.92. The molecule has 3 fully saturated rings. The van der Waals surface area contributed by atoms with Crippen molar-refractivity contribution in [2.75, 3.05) is 26.2 Å². The second-order valence-corrected chi connectivity index (χ2v) is 6.18. The number of nitrogens with zero attached hydrogens (tertiary/aromatic N) is 2. The number of hydrogen-bond donors (Lipinski definition) is 1. The van der Waals surface area contributed by atoms with Crippen molar-refractivity contribution in [1.29, 1.82) is 0 Å². The van der Waals surface area contributed by atoms with Crippen LogP contribution in [0.4, 0.5) is 0 Å². The Morgan fingerprint density at radius 2 is 1.40 bits per heavy atom. The Kier molecular flexibility index (Phi) is 3.40. The molecule has 0 bridgehead atoms. The molecule has 2 saturated heterocycles. The summed E-state index contributed by atoms with van der Waals surface area (Å²) >= 11 is 0. The summed E-state index contributed by atoms with van der Waals surface area (Å²) in [6, 6.07) is 0. The number of carboxylic acid groups (broad SMARTS) is 1. The highest BCUT2D eigenvalue weighted by Crippen LogP contribution is 2.33. The number of carboxylic acids is 1. The minimum absolute atomic E-state index is 0.0239. The third-order valence-corrected chi connectivity index (χ3v) is 4.55. The molecule has 1 saturated carbocycles. The van der Waals surface area contributed by atoms with Gasteiger partial charge in [-0.3, -0.25) is 14.4 Å². The largest absolute Gasteiger partial charge is 0.481 e. The van der Waals surface area contributed by atoms with Crippen LogP contribution in [0.5, 0.6) is 0 Å². The predicted octanol–water partition coefficient (Wildman–Crippen LogP) is 0.178. The lowest BCUT2D eigenvalue weighted by Gasteiger charge is -2.41. The number of amides is 2. The average Bonchev–Trinajstić information content (AvgIpc) is 3.20. The molecular formula is C14H20N2O4. The fraction of sp³-hybridized carbons (Fsp3) is 0.786. The van der Waals surface area contributed by atoms with E-state index in [-0.39, 0.29) is 23.7 Å². The summed E-state index contributed by atoms with van der Waals surface area (Å²) in [5.74, 6) is -0.953. The molecule has 1 unspecified atom stereocenters. The standard InChI is InChI=1S/C14H20N2O4/c17-12(9-3-4-9)15-5-1-2-10(6-15)13(18)16-7-11(8-16)14(19)20/h9-11H,1-8H2,(H,19,20). The summed E-state index contributed by atoms with van der Waals surface area (Å²) in [6.45, 7) is 1.92. The Hall–Kier alpha value is -1.59. The van der Waals surface area contributed by atoms with E-state index in [2.05, 4.69) is 0 Å². The maximum Gasteiger partial charge on any atom is 0.310 e. The summed E-state index contributed by atoms with van der Waals surface area (Å²) < 4.78 is 0. The van der Waals surface area contributed by atoms with Crippen LogP contribution in [0.25, 0.3) is 0 Å². The van der Waals surface area contributed by atoms with Crippen molar-refractivity contribution in [3.8, 4) is 0 Å². The first-order chi connectivity index (χ1) is 9.56. The van der Waals surface area contributed by atoms with Gasteiger partial charge < -0.3 is 14.9 Å². The zero-order chi connectivity index (χ0) is 14.3. The SMILES string of the molecule is O=C(O)C1CN(C(=O)C2CCCN(C(=O)C3CC3)C2)C1. The van der Waals surface area contributed by atoms with E-state index >= 15 is 0 Å². The summed E-state index contributed by atoms with van der Waals surface area (Å²) in [4.78, 5) is 38.6. The summed E-state index contributed by atoms with van der Waals surface area (Å²) in [5.41, 5.74) is 0. The van der Waals surface area contributed by atoms with Gasteiger partial charge in [0.1, 0.15) is 0 Å². The van der Waals surface area contributed by atoms with Gasteiger partial charge in [0.2, 0.25) is 11.8 Å². The monoisotopic (exact) mass is 280 g/mol. The Morgan fingerprint density at radius 3 is 2.00 bits per heavy atom. The van der Waals surface area contributed by atoms with Gasteiger partial charge >= 0.3 is 5.97 Å². The second-order valence-electron chi connectivity index (χ2n) is 6.18. The third kappa shape index (κ3) is 2.51. The Labute approximate surface area is 117 Å². The van der Waals surface area contributed by atoms with Gasteiger partial charge in [0.25, 0.3) is 0 Å². The van der Waals surface area contributed by atoms with E-state index < -0.39 is 11.9 Å². The molecule has 3 aliphatic rings. The first kappa shape index (κ1) is 13.4. The highest BCUT2D eigenvalue weighted by molar-refractivity contribution is 5.85. The van der Waals surface area contributed by atoms with E-state index in [1.54, 1.807) is 4.90 Å². The topological polar surface area (TPSA) is 77.9 Å². The van der Waals surface area contributed by atoms with Crippen LogP contribution in [-0.2, 0) is 14.4 Å². The van der Waals surface area contributed by atoms with Crippen LogP contribution in [0.2, 0.25) is 0 Å². The molecule has 110 valence electrons.